The van der Waals surface area contributed by atoms with Crippen molar-refractivity contribution in [1.29, 1.82) is 0 Å². The minimum atomic E-state index is -0.458. The van der Waals surface area contributed by atoms with E-state index in [4.69, 9.17) is 16.3 Å². The molecule has 1 spiro atoms. The van der Waals surface area contributed by atoms with E-state index >= 15 is 0 Å². The fraction of sp³-hybridized carbons (Fsp3) is 0.364. The Morgan fingerprint density at radius 2 is 2.33 bits per heavy atom. The Bertz CT molecular complexity index is 438. The molecule has 1 N–H and O–H groups in total. The average molecular weight is 224 g/mol. The van der Waals surface area contributed by atoms with Crippen LogP contribution in [0.3, 0.4) is 0 Å². The van der Waals surface area contributed by atoms with Crippen LogP contribution in [0.15, 0.2) is 18.2 Å². The number of anilines is 1. The lowest BCUT2D eigenvalue weighted by atomic mass is 9.81. The van der Waals surface area contributed by atoms with Crippen molar-refractivity contribution < 1.29 is 9.53 Å². The Hall–Kier alpha value is -1.06. The number of nitrogens with one attached hydrogen (secondary N) is 1. The van der Waals surface area contributed by atoms with Gasteiger partial charge < -0.3 is 10.1 Å². The van der Waals surface area contributed by atoms with E-state index in [1.165, 1.54) is 0 Å². The summed E-state index contributed by atoms with van der Waals surface area (Å²) in [6.07, 6.45) is 0.757. The third kappa shape index (κ3) is 1.13. The van der Waals surface area contributed by atoms with Gasteiger partial charge in [0.2, 0.25) is 5.91 Å². The van der Waals surface area contributed by atoms with Crippen LogP contribution in [0.4, 0.5) is 5.69 Å². The van der Waals surface area contributed by atoms with Crippen LogP contribution in [0.25, 0.3) is 0 Å². The normalized spacial score (nSPS) is 28.2. The molecule has 2 heterocycles. The lowest BCUT2D eigenvalue weighted by Crippen LogP contribution is -2.34. The van der Waals surface area contributed by atoms with E-state index < -0.39 is 5.41 Å². The van der Waals surface area contributed by atoms with Crippen LogP contribution in [0.5, 0.6) is 0 Å². The Labute approximate surface area is 92.4 Å². The molecule has 1 aromatic carbocycles. The van der Waals surface area contributed by atoms with Crippen LogP contribution in [-0.4, -0.2) is 19.1 Å². The van der Waals surface area contributed by atoms with Crippen molar-refractivity contribution in [2.75, 3.05) is 18.5 Å². The molecule has 2 aliphatic heterocycles. The zero-order valence-corrected chi connectivity index (χ0v) is 8.80. The SMILES string of the molecule is O=C1Nc2cc(Cl)ccc2[C@]12CCOC2. The summed E-state index contributed by atoms with van der Waals surface area (Å²) in [6, 6.07) is 5.53. The van der Waals surface area contributed by atoms with Gasteiger partial charge in [0.05, 0.1) is 6.61 Å². The van der Waals surface area contributed by atoms with Gasteiger partial charge in [-0.25, -0.2) is 0 Å². The number of fused-ring (bicyclic) bond motifs is 2. The zero-order chi connectivity index (χ0) is 10.5. The highest BCUT2D eigenvalue weighted by Crippen LogP contribution is 2.44. The van der Waals surface area contributed by atoms with Crippen molar-refractivity contribution in [3.05, 3.63) is 28.8 Å². The topological polar surface area (TPSA) is 38.3 Å². The molecule has 1 atom stereocenters. The molecule has 1 fully saturated rings. The molecule has 0 unspecified atom stereocenters. The van der Waals surface area contributed by atoms with Gasteiger partial charge in [-0.1, -0.05) is 17.7 Å². The van der Waals surface area contributed by atoms with Crippen molar-refractivity contribution in [1.82, 2.24) is 0 Å². The van der Waals surface area contributed by atoms with Gasteiger partial charge in [0.25, 0.3) is 0 Å². The van der Waals surface area contributed by atoms with E-state index in [1.807, 2.05) is 12.1 Å². The lowest BCUT2D eigenvalue weighted by Gasteiger charge is -2.18. The molecule has 3 rings (SSSR count). The number of halogens is 1. The predicted molar refractivity (Wildman–Crippen MR) is 57.2 cm³/mol. The van der Waals surface area contributed by atoms with Crippen molar-refractivity contribution >= 4 is 23.2 Å². The van der Waals surface area contributed by atoms with Crippen molar-refractivity contribution in [2.24, 2.45) is 0 Å². The lowest BCUT2D eigenvalue weighted by molar-refractivity contribution is -0.120. The molecular formula is C11H10ClNO2. The van der Waals surface area contributed by atoms with Gasteiger partial charge in [-0.3, -0.25) is 4.79 Å². The first-order valence-corrected chi connectivity index (χ1v) is 5.29. The van der Waals surface area contributed by atoms with Crippen molar-refractivity contribution in [3.8, 4) is 0 Å². The van der Waals surface area contributed by atoms with Crippen LogP contribution in [-0.2, 0) is 14.9 Å². The van der Waals surface area contributed by atoms with Crippen LogP contribution in [0.1, 0.15) is 12.0 Å². The highest BCUT2D eigenvalue weighted by Gasteiger charge is 2.49. The Morgan fingerprint density at radius 3 is 3.07 bits per heavy atom. The molecule has 0 bridgehead atoms. The number of rotatable bonds is 0. The Kier molecular flexibility index (Phi) is 1.82. The van der Waals surface area contributed by atoms with Crippen LogP contribution < -0.4 is 5.32 Å². The second-order valence-corrected chi connectivity index (χ2v) is 4.47. The second kappa shape index (κ2) is 2.97. The first kappa shape index (κ1) is 9.19. The number of carbonyl (C=O) groups is 1. The summed E-state index contributed by atoms with van der Waals surface area (Å²) in [6.45, 7) is 1.13. The number of ether oxygens (including phenoxy) is 1. The Balaban J connectivity index is 2.17. The predicted octanol–water partition coefficient (Wildman–Crippen LogP) is 1.95. The van der Waals surface area contributed by atoms with Crippen molar-refractivity contribution in [2.45, 2.75) is 11.8 Å². The van der Waals surface area contributed by atoms with Gasteiger partial charge >= 0.3 is 0 Å². The van der Waals surface area contributed by atoms with E-state index in [0.29, 0.717) is 18.2 Å². The zero-order valence-electron chi connectivity index (χ0n) is 8.05. The molecule has 2 aliphatic rings. The fourth-order valence-corrected chi connectivity index (χ4v) is 2.53. The van der Waals surface area contributed by atoms with E-state index in [-0.39, 0.29) is 5.91 Å². The molecule has 3 nitrogen and oxygen atoms in total. The van der Waals surface area contributed by atoms with Gasteiger partial charge in [0.15, 0.2) is 0 Å². The van der Waals surface area contributed by atoms with E-state index in [1.54, 1.807) is 6.07 Å². The number of amides is 1. The fourth-order valence-electron chi connectivity index (χ4n) is 2.36. The molecule has 78 valence electrons. The number of hydrogen-bond acceptors (Lipinski definition) is 2. The Morgan fingerprint density at radius 1 is 1.47 bits per heavy atom. The highest BCUT2D eigenvalue weighted by atomic mass is 35.5. The van der Waals surface area contributed by atoms with Crippen LogP contribution in [0.2, 0.25) is 5.02 Å². The summed E-state index contributed by atoms with van der Waals surface area (Å²) in [4.78, 5) is 11.9. The number of benzene rings is 1. The maximum Gasteiger partial charge on any atom is 0.237 e. The van der Waals surface area contributed by atoms with E-state index in [2.05, 4.69) is 5.32 Å². The summed E-state index contributed by atoms with van der Waals surface area (Å²) in [5.74, 6) is 0.0391. The van der Waals surface area contributed by atoms with E-state index in [9.17, 15) is 4.79 Å². The number of carbonyl (C=O) groups excluding carboxylic acids is 1. The minimum Gasteiger partial charge on any atom is -0.380 e. The molecule has 4 heteroatoms. The largest absolute Gasteiger partial charge is 0.380 e. The quantitative estimate of drug-likeness (QED) is 0.730. The first-order chi connectivity index (χ1) is 7.22. The number of hydrogen-bond donors (Lipinski definition) is 1. The maximum atomic E-state index is 11.9. The van der Waals surface area contributed by atoms with Gasteiger partial charge in [0, 0.05) is 17.3 Å². The van der Waals surface area contributed by atoms with Gasteiger partial charge in [-0.15, -0.1) is 0 Å². The molecule has 1 saturated heterocycles. The molecule has 0 saturated carbocycles. The first-order valence-electron chi connectivity index (χ1n) is 4.92. The van der Waals surface area contributed by atoms with Crippen LogP contribution >= 0.6 is 11.6 Å². The molecular weight excluding hydrogens is 214 g/mol. The monoisotopic (exact) mass is 223 g/mol. The maximum absolute atomic E-state index is 11.9. The summed E-state index contributed by atoms with van der Waals surface area (Å²) in [5, 5.41) is 3.51. The summed E-state index contributed by atoms with van der Waals surface area (Å²) in [7, 11) is 0. The summed E-state index contributed by atoms with van der Waals surface area (Å²) >= 11 is 5.88. The average Bonchev–Trinajstić information content (AvgIpc) is 2.76. The highest BCUT2D eigenvalue weighted by molar-refractivity contribution is 6.31. The molecule has 15 heavy (non-hydrogen) atoms. The smallest absolute Gasteiger partial charge is 0.237 e. The van der Waals surface area contributed by atoms with Crippen molar-refractivity contribution in [3.63, 3.8) is 0 Å². The molecule has 0 radical (unpaired) electrons. The van der Waals surface area contributed by atoms with Gasteiger partial charge in [-0.2, -0.15) is 0 Å². The third-order valence-electron chi connectivity index (χ3n) is 3.20. The van der Waals surface area contributed by atoms with Gasteiger partial charge in [0.1, 0.15) is 5.41 Å². The standard InChI is InChI=1S/C11H10ClNO2/c12-7-1-2-8-9(5-7)13-10(14)11(8)3-4-15-6-11/h1-2,5H,3-4,6H2,(H,13,14)/t11-/m1/s1. The second-order valence-electron chi connectivity index (χ2n) is 4.03. The molecule has 1 aromatic rings. The third-order valence-corrected chi connectivity index (χ3v) is 3.44. The molecule has 1 amide bonds. The minimum absolute atomic E-state index is 0.0391. The van der Waals surface area contributed by atoms with Gasteiger partial charge in [-0.05, 0) is 24.1 Å². The molecule has 0 aromatic heterocycles. The van der Waals surface area contributed by atoms with E-state index in [0.717, 1.165) is 17.7 Å². The summed E-state index contributed by atoms with van der Waals surface area (Å²) < 4.78 is 5.35. The molecule has 0 aliphatic carbocycles. The summed E-state index contributed by atoms with van der Waals surface area (Å²) in [5.41, 5.74) is 1.40. The van der Waals surface area contributed by atoms with Crippen LogP contribution in [0, 0.1) is 0 Å².